The summed E-state index contributed by atoms with van der Waals surface area (Å²) in [6, 6.07) is 0. The predicted molar refractivity (Wildman–Crippen MR) is 42.4 cm³/mol. The maximum absolute atomic E-state index is 11.8. The van der Waals surface area contributed by atoms with E-state index >= 15 is 0 Å². The number of rotatable bonds is 5. The summed E-state index contributed by atoms with van der Waals surface area (Å²) in [5, 5.41) is 0. The summed E-state index contributed by atoms with van der Waals surface area (Å²) in [4.78, 5) is 0. The maximum atomic E-state index is 11.8. The molecule has 0 unspecified atom stereocenters. The first-order valence-electron chi connectivity index (χ1n) is 3.86. The van der Waals surface area contributed by atoms with Crippen LogP contribution in [0.25, 0.3) is 0 Å². The second kappa shape index (κ2) is 7.62. The van der Waals surface area contributed by atoms with Crippen molar-refractivity contribution >= 4 is 6.98 Å². The van der Waals surface area contributed by atoms with Gasteiger partial charge in [-0.25, -0.2) is 0 Å². The van der Waals surface area contributed by atoms with E-state index in [0.29, 0.717) is 6.42 Å². The van der Waals surface area contributed by atoms with Gasteiger partial charge < -0.3 is 12.9 Å². The summed E-state index contributed by atoms with van der Waals surface area (Å²) < 4.78 is 35.5. The van der Waals surface area contributed by atoms with Crippen LogP contribution in [-0.4, -0.2) is 6.98 Å². The molecule has 0 rings (SSSR count). The van der Waals surface area contributed by atoms with Gasteiger partial charge in [0.2, 0.25) is 0 Å². The van der Waals surface area contributed by atoms with Crippen molar-refractivity contribution in [1.82, 2.24) is 0 Å². The van der Waals surface area contributed by atoms with Crippen LogP contribution in [0.5, 0.6) is 0 Å². The Morgan fingerprint density at radius 1 is 1.25 bits per heavy atom. The van der Waals surface area contributed by atoms with Crippen LogP contribution >= 0.6 is 0 Å². The first kappa shape index (κ1) is 15.7. The van der Waals surface area contributed by atoms with Gasteiger partial charge >= 0.3 is 58.4 Å². The second-order valence-corrected chi connectivity index (χ2v) is 2.69. The van der Waals surface area contributed by atoms with Gasteiger partial charge in [-0.1, -0.05) is 32.6 Å². The Labute approximate surface area is 114 Å². The summed E-state index contributed by atoms with van der Waals surface area (Å²) in [5.41, 5.74) is -0.543. The van der Waals surface area contributed by atoms with E-state index < -0.39 is 12.4 Å². The zero-order valence-corrected chi connectivity index (χ0v) is 10.9. The molecular formula is C7H13BF3K. The molecule has 5 heteroatoms. The molecule has 0 N–H and O–H groups in total. The fraction of sp³-hybridized carbons (Fsp3) is 0.714. The SMILES string of the molecule is C=C(CCCCC)[B-](F)(F)F.[K+]. The first-order chi connectivity index (χ1) is 4.98. The number of allylic oxidation sites excluding steroid dienone is 1. The quantitative estimate of drug-likeness (QED) is 0.452. The summed E-state index contributed by atoms with van der Waals surface area (Å²) >= 11 is 0. The molecule has 0 spiro atoms. The third-order valence-corrected chi connectivity index (χ3v) is 1.56. The molecule has 0 aliphatic carbocycles. The average Bonchev–Trinajstić information content (AvgIpc) is 1.86. The molecule has 0 aromatic carbocycles. The molecule has 12 heavy (non-hydrogen) atoms. The fourth-order valence-electron chi connectivity index (χ4n) is 0.766. The molecule has 0 saturated carbocycles. The Hall–Kier alpha value is 1.23. The largest absolute Gasteiger partial charge is 1.00 e. The third-order valence-electron chi connectivity index (χ3n) is 1.56. The maximum Gasteiger partial charge on any atom is 1.00 e. The molecule has 0 nitrogen and oxygen atoms in total. The Morgan fingerprint density at radius 3 is 2.08 bits per heavy atom. The van der Waals surface area contributed by atoms with Crippen molar-refractivity contribution < 1.29 is 64.3 Å². The number of hydrogen-bond donors (Lipinski definition) is 0. The first-order valence-corrected chi connectivity index (χ1v) is 3.86. The van der Waals surface area contributed by atoms with Gasteiger partial charge in [-0.2, -0.15) is 0 Å². The number of unbranched alkanes of at least 4 members (excludes halogenated alkanes) is 2. The third kappa shape index (κ3) is 7.86. The summed E-state index contributed by atoms with van der Waals surface area (Å²) in [6.45, 7) is 0.180. The van der Waals surface area contributed by atoms with E-state index in [1.54, 1.807) is 0 Å². The Bertz CT molecular complexity index is 133. The molecule has 0 aromatic rings. The van der Waals surface area contributed by atoms with E-state index in [9.17, 15) is 12.9 Å². The minimum Gasteiger partial charge on any atom is -0.445 e. The van der Waals surface area contributed by atoms with Crippen LogP contribution in [0.3, 0.4) is 0 Å². The summed E-state index contributed by atoms with van der Waals surface area (Å²) in [6.07, 6.45) is 2.51. The van der Waals surface area contributed by atoms with E-state index in [-0.39, 0.29) is 57.8 Å². The molecule has 66 valence electrons. The summed E-state index contributed by atoms with van der Waals surface area (Å²) in [7, 11) is 0. The standard InChI is InChI=1S/C7H13BF3.K/c1-3-4-5-6-7(2)8(9,10)11;/h2-6H2,1H3;/q-1;+1. The van der Waals surface area contributed by atoms with E-state index in [1.165, 1.54) is 0 Å². The molecule has 0 saturated heterocycles. The minimum absolute atomic E-state index is 0. The molecule has 0 aliphatic heterocycles. The summed E-state index contributed by atoms with van der Waals surface area (Å²) in [5.74, 6) is 0. The molecule has 0 aromatic heterocycles. The van der Waals surface area contributed by atoms with Gasteiger partial charge in [0.25, 0.3) is 0 Å². The van der Waals surface area contributed by atoms with Gasteiger partial charge in [0.05, 0.1) is 0 Å². The molecule has 0 bridgehead atoms. The smallest absolute Gasteiger partial charge is 0.445 e. The van der Waals surface area contributed by atoms with Crippen molar-refractivity contribution in [2.24, 2.45) is 0 Å². The van der Waals surface area contributed by atoms with Crippen LogP contribution in [0.1, 0.15) is 32.6 Å². The van der Waals surface area contributed by atoms with Crippen molar-refractivity contribution in [3.63, 3.8) is 0 Å². The molecule has 0 heterocycles. The Kier molecular flexibility index (Phi) is 9.96. The van der Waals surface area contributed by atoms with E-state index in [4.69, 9.17) is 0 Å². The van der Waals surface area contributed by atoms with Crippen molar-refractivity contribution in [2.75, 3.05) is 0 Å². The van der Waals surface area contributed by atoms with Gasteiger partial charge in [-0.05, 0) is 0 Å². The Balaban J connectivity index is 0. The minimum atomic E-state index is -4.78. The molecule has 0 fully saturated rings. The van der Waals surface area contributed by atoms with Crippen LogP contribution in [0.2, 0.25) is 0 Å². The van der Waals surface area contributed by atoms with Crippen molar-refractivity contribution in [3.8, 4) is 0 Å². The van der Waals surface area contributed by atoms with Gasteiger partial charge in [-0.15, -0.1) is 12.1 Å². The van der Waals surface area contributed by atoms with Crippen LogP contribution < -0.4 is 51.4 Å². The van der Waals surface area contributed by atoms with Crippen LogP contribution in [0.4, 0.5) is 12.9 Å². The zero-order chi connectivity index (χ0) is 8.91. The van der Waals surface area contributed by atoms with Crippen LogP contribution in [0, 0.1) is 0 Å². The molecule has 0 atom stereocenters. The van der Waals surface area contributed by atoms with Crippen LogP contribution in [0.15, 0.2) is 12.1 Å². The van der Waals surface area contributed by atoms with Crippen LogP contribution in [-0.2, 0) is 0 Å². The average molecular weight is 204 g/mol. The van der Waals surface area contributed by atoms with Crippen molar-refractivity contribution in [1.29, 1.82) is 0 Å². The molecular weight excluding hydrogens is 191 g/mol. The fourth-order valence-corrected chi connectivity index (χ4v) is 0.766. The van der Waals surface area contributed by atoms with Gasteiger partial charge in [0.15, 0.2) is 0 Å². The van der Waals surface area contributed by atoms with E-state index in [1.807, 2.05) is 6.92 Å². The van der Waals surface area contributed by atoms with Crippen molar-refractivity contribution in [3.05, 3.63) is 12.1 Å². The number of halogens is 3. The van der Waals surface area contributed by atoms with E-state index in [2.05, 4.69) is 6.58 Å². The molecule has 0 amide bonds. The van der Waals surface area contributed by atoms with E-state index in [0.717, 1.165) is 12.8 Å². The second-order valence-electron chi connectivity index (χ2n) is 2.69. The van der Waals surface area contributed by atoms with Gasteiger partial charge in [0, 0.05) is 0 Å². The topological polar surface area (TPSA) is 0 Å². The normalized spacial score (nSPS) is 10.7. The monoisotopic (exact) mass is 204 g/mol. The van der Waals surface area contributed by atoms with Crippen molar-refractivity contribution in [2.45, 2.75) is 32.6 Å². The molecule has 0 aliphatic rings. The predicted octanol–water partition coefficient (Wildman–Crippen LogP) is 0.513. The number of hydrogen-bond acceptors (Lipinski definition) is 0. The molecule has 0 radical (unpaired) electrons. The van der Waals surface area contributed by atoms with Gasteiger partial charge in [0.1, 0.15) is 0 Å². The zero-order valence-electron chi connectivity index (χ0n) is 7.75. The van der Waals surface area contributed by atoms with Gasteiger partial charge in [-0.3, -0.25) is 0 Å². The Morgan fingerprint density at radius 2 is 1.75 bits per heavy atom.